The van der Waals surface area contributed by atoms with Gasteiger partial charge in [0.05, 0.1) is 11.8 Å². The summed E-state index contributed by atoms with van der Waals surface area (Å²) in [6, 6.07) is 0. The Kier molecular flexibility index (Phi) is 1.56. The molecule has 0 spiro atoms. The van der Waals surface area contributed by atoms with Crippen LogP contribution in [0.1, 0.15) is 18.4 Å². The van der Waals surface area contributed by atoms with Crippen molar-refractivity contribution in [2.75, 3.05) is 0 Å². The zero-order chi connectivity index (χ0) is 8.55. The highest BCUT2D eigenvalue weighted by molar-refractivity contribution is 5.30. The van der Waals surface area contributed by atoms with E-state index in [9.17, 15) is 10.1 Å². The number of hydrogen-bond donors (Lipinski definition) is 1. The average molecular weight is 167 g/mol. The van der Waals surface area contributed by atoms with E-state index in [1.807, 2.05) is 0 Å². The smallest absolute Gasteiger partial charge is 0.345 e. The summed E-state index contributed by atoms with van der Waals surface area (Å²) in [5, 5.41) is 16.5. The van der Waals surface area contributed by atoms with Crippen molar-refractivity contribution < 1.29 is 4.92 Å². The van der Waals surface area contributed by atoms with Crippen LogP contribution in [0.2, 0.25) is 0 Å². The third-order valence-corrected chi connectivity index (χ3v) is 2.08. The standard InChI is InChI=1S/C7H9N3O2/c11-10(12)7-6(4-8-9-7)3-5-1-2-5/h4-5H,1-3H2,(H,8,9). The van der Waals surface area contributed by atoms with Crippen molar-refractivity contribution in [2.45, 2.75) is 19.3 Å². The van der Waals surface area contributed by atoms with Crippen LogP contribution in [0.4, 0.5) is 5.82 Å². The monoisotopic (exact) mass is 167 g/mol. The highest BCUT2D eigenvalue weighted by Gasteiger charge is 2.26. The van der Waals surface area contributed by atoms with E-state index in [1.54, 1.807) is 6.20 Å². The predicted octanol–water partition coefficient (Wildman–Crippen LogP) is 1.27. The van der Waals surface area contributed by atoms with Gasteiger partial charge in [-0.05, 0) is 30.1 Å². The summed E-state index contributed by atoms with van der Waals surface area (Å²) in [7, 11) is 0. The predicted molar refractivity (Wildman–Crippen MR) is 41.7 cm³/mol. The van der Waals surface area contributed by atoms with Crippen LogP contribution in [0.15, 0.2) is 6.20 Å². The molecule has 0 unspecified atom stereocenters. The Balaban J connectivity index is 2.17. The summed E-state index contributed by atoms with van der Waals surface area (Å²) in [5.74, 6) is 0.711. The van der Waals surface area contributed by atoms with Gasteiger partial charge in [0.15, 0.2) is 0 Å². The molecule has 1 aliphatic carbocycles. The molecule has 1 aromatic rings. The van der Waals surface area contributed by atoms with E-state index in [-0.39, 0.29) is 5.82 Å². The normalized spacial score (nSPS) is 16.3. The van der Waals surface area contributed by atoms with E-state index in [2.05, 4.69) is 10.2 Å². The number of rotatable bonds is 3. The van der Waals surface area contributed by atoms with Crippen molar-refractivity contribution in [3.63, 3.8) is 0 Å². The minimum absolute atomic E-state index is 0.0573. The van der Waals surface area contributed by atoms with E-state index in [0.29, 0.717) is 5.92 Å². The molecule has 1 aromatic heterocycles. The molecule has 0 saturated heterocycles. The van der Waals surface area contributed by atoms with Crippen molar-refractivity contribution >= 4 is 5.82 Å². The fraction of sp³-hybridized carbons (Fsp3) is 0.571. The van der Waals surface area contributed by atoms with Gasteiger partial charge in [0, 0.05) is 0 Å². The first-order chi connectivity index (χ1) is 5.77. The van der Waals surface area contributed by atoms with Crippen LogP contribution in [0.25, 0.3) is 0 Å². The first kappa shape index (κ1) is 7.27. The van der Waals surface area contributed by atoms with E-state index in [0.717, 1.165) is 12.0 Å². The van der Waals surface area contributed by atoms with Gasteiger partial charge in [0.25, 0.3) is 0 Å². The molecule has 5 heteroatoms. The summed E-state index contributed by atoms with van der Waals surface area (Å²) in [4.78, 5) is 10.0. The topological polar surface area (TPSA) is 71.8 Å². The Bertz CT molecular complexity index is 303. The molecule has 0 bridgehead atoms. The SMILES string of the molecule is O=[N+]([O-])c1[nH]ncc1CC1CC1. The first-order valence-electron chi connectivity index (χ1n) is 3.94. The molecule has 0 amide bonds. The molecule has 2 rings (SSSR count). The van der Waals surface area contributed by atoms with Gasteiger partial charge in [0.2, 0.25) is 0 Å². The van der Waals surface area contributed by atoms with Crippen LogP contribution < -0.4 is 0 Å². The van der Waals surface area contributed by atoms with Crippen LogP contribution in [0.3, 0.4) is 0 Å². The zero-order valence-corrected chi connectivity index (χ0v) is 6.49. The number of hydrogen-bond acceptors (Lipinski definition) is 3. The maximum absolute atomic E-state index is 10.4. The molecule has 1 saturated carbocycles. The quantitative estimate of drug-likeness (QED) is 0.544. The molecule has 1 fully saturated rings. The highest BCUT2D eigenvalue weighted by Crippen LogP contribution is 2.34. The summed E-state index contributed by atoms with van der Waals surface area (Å²) < 4.78 is 0. The van der Waals surface area contributed by atoms with Gasteiger partial charge in [-0.1, -0.05) is 5.10 Å². The summed E-state index contributed by atoms with van der Waals surface area (Å²) >= 11 is 0. The Morgan fingerprint density at radius 2 is 2.50 bits per heavy atom. The zero-order valence-electron chi connectivity index (χ0n) is 6.49. The molecule has 0 radical (unpaired) electrons. The van der Waals surface area contributed by atoms with Gasteiger partial charge in [-0.15, -0.1) is 5.10 Å². The van der Waals surface area contributed by atoms with Crippen molar-refractivity contribution in [3.8, 4) is 0 Å². The fourth-order valence-corrected chi connectivity index (χ4v) is 1.24. The summed E-state index contributed by atoms with van der Waals surface area (Å²) in [5.41, 5.74) is 0.738. The van der Waals surface area contributed by atoms with Crippen LogP contribution in [0, 0.1) is 16.0 Å². The molecule has 0 atom stereocenters. The third-order valence-electron chi connectivity index (χ3n) is 2.08. The van der Waals surface area contributed by atoms with E-state index < -0.39 is 4.92 Å². The van der Waals surface area contributed by atoms with Crippen LogP contribution >= 0.6 is 0 Å². The maximum Gasteiger partial charge on any atom is 0.345 e. The molecule has 0 aliphatic heterocycles. The lowest BCUT2D eigenvalue weighted by atomic mass is 10.2. The highest BCUT2D eigenvalue weighted by atomic mass is 16.6. The molecule has 12 heavy (non-hydrogen) atoms. The molecule has 1 heterocycles. The first-order valence-corrected chi connectivity index (χ1v) is 3.94. The van der Waals surface area contributed by atoms with Crippen molar-refractivity contribution in [3.05, 3.63) is 21.9 Å². The average Bonchev–Trinajstić information content (AvgIpc) is 2.66. The second kappa shape index (κ2) is 2.58. The molecule has 5 nitrogen and oxygen atoms in total. The lowest BCUT2D eigenvalue weighted by Gasteiger charge is -1.94. The molecular weight excluding hydrogens is 158 g/mol. The second-order valence-corrected chi connectivity index (χ2v) is 3.15. The number of aromatic nitrogens is 2. The van der Waals surface area contributed by atoms with E-state index in [1.165, 1.54) is 12.8 Å². The van der Waals surface area contributed by atoms with Gasteiger partial charge < -0.3 is 10.1 Å². The Morgan fingerprint density at radius 1 is 1.75 bits per heavy atom. The number of H-pyrrole nitrogens is 1. The molecule has 1 N–H and O–H groups in total. The summed E-state index contributed by atoms with van der Waals surface area (Å²) in [6.07, 6.45) is 4.74. The van der Waals surface area contributed by atoms with E-state index in [4.69, 9.17) is 0 Å². The fourth-order valence-electron chi connectivity index (χ4n) is 1.24. The van der Waals surface area contributed by atoms with Gasteiger partial charge >= 0.3 is 5.82 Å². The lowest BCUT2D eigenvalue weighted by molar-refractivity contribution is -0.390. The third kappa shape index (κ3) is 1.30. The van der Waals surface area contributed by atoms with Crippen molar-refractivity contribution in [1.29, 1.82) is 0 Å². The van der Waals surface area contributed by atoms with E-state index >= 15 is 0 Å². The number of aromatic amines is 1. The van der Waals surface area contributed by atoms with Crippen LogP contribution in [-0.4, -0.2) is 15.1 Å². The van der Waals surface area contributed by atoms with Gasteiger partial charge in [-0.2, -0.15) is 0 Å². The van der Waals surface area contributed by atoms with Crippen LogP contribution in [0.5, 0.6) is 0 Å². The lowest BCUT2D eigenvalue weighted by Crippen LogP contribution is -1.94. The maximum atomic E-state index is 10.4. The summed E-state index contributed by atoms with van der Waals surface area (Å²) in [6.45, 7) is 0. The van der Waals surface area contributed by atoms with Crippen molar-refractivity contribution in [2.24, 2.45) is 5.92 Å². The Hall–Kier alpha value is -1.39. The van der Waals surface area contributed by atoms with Gasteiger partial charge in [0.1, 0.15) is 0 Å². The Labute approximate surface area is 68.9 Å². The number of nitro groups is 1. The molecule has 0 aromatic carbocycles. The van der Waals surface area contributed by atoms with Gasteiger partial charge in [-0.3, -0.25) is 0 Å². The Morgan fingerprint density at radius 3 is 3.08 bits per heavy atom. The molecule has 1 aliphatic rings. The molecular formula is C7H9N3O2. The minimum atomic E-state index is -0.412. The number of nitrogens with zero attached hydrogens (tertiary/aromatic N) is 2. The number of nitrogens with one attached hydrogen (secondary N) is 1. The van der Waals surface area contributed by atoms with Crippen molar-refractivity contribution in [1.82, 2.24) is 10.2 Å². The van der Waals surface area contributed by atoms with Gasteiger partial charge in [-0.25, -0.2) is 0 Å². The molecule has 64 valence electrons. The largest absolute Gasteiger partial charge is 0.358 e. The van der Waals surface area contributed by atoms with Crippen LogP contribution in [-0.2, 0) is 6.42 Å². The minimum Gasteiger partial charge on any atom is -0.358 e. The second-order valence-electron chi connectivity index (χ2n) is 3.15.